The number of nitrogens with one attached hydrogen (secondary N) is 2. The minimum Gasteiger partial charge on any atom is -0.287 e. The van der Waals surface area contributed by atoms with E-state index in [1.807, 2.05) is 24.3 Å². The van der Waals surface area contributed by atoms with Crippen LogP contribution < -0.4 is 10.9 Å². The average Bonchev–Trinajstić information content (AvgIpc) is 2.79. The largest absolute Gasteiger partial charge is 0.358 e. The topological polar surface area (TPSA) is 86.6 Å². The second-order valence-electron chi connectivity index (χ2n) is 3.24. The number of thiazole rings is 1. The van der Waals surface area contributed by atoms with Crippen molar-refractivity contribution in [1.29, 1.82) is 0 Å². The molecule has 0 spiro atoms. The molecule has 0 aliphatic rings. The quantitative estimate of drug-likeness (QED) is 0.431. The molecule has 0 aliphatic carbocycles. The lowest BCUT2D eigenvalue weighted by Gasteiger charge is -1.97. The number of hydrogen-bond acceptors (Lipinski definition) is 5. The number of hydroxylamine groups is 1. The Morgan fingerprint density at radius 3 is 2.94 bits per heavy atom. The van der Waals surface area contributed by atoms with Crippen molar-refractivity contribution in [2.24, 2.45) is 5.10 Å². The number of amides is 2. The summed E-state index contributed by atoms with van der Waals surface area (Å²) in [5, 5.41) is 12.8. The first-order valence-corrected chi connectivity index (χ1v) is 5.62. The zero-order valence-corrected chi connectivity index (χ0v) is 9.78. The Morgan fingerprint density at radius 1 is 1.47 bits per heavy atom. The van der Waals surface area contributed by atoms with Crippen molar-refractivity contribution < 1.29 is 10.0 Å². The molecule has 0 fully saturated rings. The fraction of sp³-hybridized carbons (Fsp3) is 0.100. The van der Waals surface area contributed by atoms with Crippen molar-refractivity contribution >= 4 is 33.3 Å². The van der Waals surface area contributed by atoms with Gasteiger partial charge in [-0.1, -0.05) is 12.1 Å². The van der Waals surface area contributed by atoms with Crippen LogP contribution in [0.1, 0.15) is 11.9 Å². The standard InChI is InChI=1S/C10H10N4O2S/c1-6(12-13-10(15)14-16)9-11-7-4-2-3-5-8(7)17-9/h2-5,16H,1H3,(H2,13,14,15)/b12-6+. The Labute approximate surface area is 101 Å². The van der Waals surface area contributed by atoms with E-state index in [2.05, 4.69) is 15.5 Å². The molecule has 0 aliphatic heterocycles. The molecule has 0 atom stereocenters. The lowest BCUT2D eigenvalue weighted by molar-refractivity contribution is 0.162. The van der Waals surface area contributed by atoms with E-state index in [0.29, 0.717) is 5.71 Å². The predicted octanol–water partition coefficient (Wildman–Crippen LogP) is 1.71. The smallest absolute Gasteiger partial charge is 0.287 e. The normalized spacial score (nSPS) is 11.5. The monoisotopic (exact) mass is 250 g/mol. The molecular weight excluding hydrogens is 240 g/mol. The van der Waals surface area contributed by atoms with Gasteiger partial charge >= 0.3 is 6.03 Å². The maximum Gasteiger partial charge on any atom is 0.358 e. The lowest BCUT2D eigenvalue weighted by Crippen LogP contribution is -2.30. The molecule has 3 N–H and O–H groups in total. The van der Waals surface area contributed by atoms with Crippen LogP contribution in [-0.4, -0.2) is 21.9 Å². The van der Waals surface area contributed by atoms with Gasteiger partial charge in [-0.15, -0.1) is 11.3 Å². The van der Waals surface area contributed by atoms with Gasteiger partial charge in [-0.2, -0.15) is 5.10 Å². The number of para-hydroxylation sites is 1. The Kier molecular flexibility index (Phi) is 3.31. The van der Waals surface area contributed by atoms with Crippen LogP contribution in [0.15, 0.2) is 29.4 Å². The second kappa shape index (κ2) is 4.89. The number of carbonyl (C=O) groups is 1. The van der Waals surface area contributed by atoms with E-state index < -0.39 is 6.03 Å². The Morgan fingerprint density at radius 2 is 2.24 bits per heavy atom. The van der Waals surface area contributed by atoms with Gasteiger partial charge in [0.1, 0.15) is 5.01 Å². The summed E-state index contributed by atoms with van der Waals surface area (Å²) in [7, 11) is 0. The third kappa shape index (κ3) is 2.58. The van der Waals surface area contributed by atoms with E-state index in [4.69, 9.17) is 5.21 Å². The fourth-order valence-electron chi connectivity index (χ4n) is 1.23. The Bertz CT molecular complexity index is 545. The van der Waals surface area contributed by atoms with Crippen LogP contribution >= 0.6 is 11.3 Å². The maximum atomic E-state index is 10.7. The highest BCUT2D eigenvalue weighted by Crippen LogP contribution is 2.21. The summed E-state index contributed by atoms with van der Waals surface area (Å²) in [4.78, 5) is 15.1. The molecule has 0 saturated carbocycles. The van der Waals surface area contributed by atoms with E-state index in [1.54, 1.807) is 6.92 Å². The minimum atomic E-state index is -0.787. The molecule has 1 aromatic heterocycles. The molecule has 1 aromatic carbocycles. The molecular formula is C10H10N4O2S. The van der Waals surface area contributed by atoms with Gasteiger partial charge in [0.15, 0.2) is 0 Å². The van der Waals surface area contributed by atoms with Crippen LogP contribution in [0, 0.1) is 0 Å². The Balaban J connectivity index is 2.24. The number of aromatic nitrogens is 1. The van der Waals surface area contributed by atoms with Gasteiger partial charge < -0.3 is 0 Å². The molecule has 6 nitrogen and oxygen atoms in total. The van der Waals surface area contributed by atoms with Gasteiger partial charge in [0.2, 0.25) is 0 Å². The highest BCUT2D eigenvalue weighted by molar-refractivity contribution is 7.20. The highest BCUT2D eigenvalue weighted by Gasteiger charge is 2.06. The van der Waals surface area contributed by atoms with Crippen molar-refractivity contribution in [3.8, 4) is 0 Å². The molecule has 7 heteroatoms. The zero-order valence-electron chi connectivity index (χ0n) is 8.97. The lowest BCUT2D eigenvalue weighted by atomic mass is 10.3. The molecule has 17 heavy (non-hydrogen) atoms. The van der Waals surface area contributed by atoms with Crippen LogP contribution in [0.2, 0.25) is 0 Å². The van der Waals surface area contributed by atoms with Crippen molar-refractivity contribution in [2.45, 2.75) is 6.92 Å². The number of fused-ring (bicyclic) bond motifs is 1. The SMILES string of the molecule is C/C(=N\NC(=O)NO)c1nc2ccccc2s1. The van der Waals surface area contributed by atoms with Crippen molar-refractivity contribution in [1.82, 2.24) is 15.9 Å². The number of hydrogen-bond donors (Lipinski definition) is 3. The summed E-state index contributed by atoms with van der Waals surface area (Å²) in [5.74, 6) is 0. The van der Waals surface area contributed by atoms with Crippen LogP contribution in [0.25, 0.3) is 10.2 Å². The van der Waals surface area contributed by atoms with E-state index >= 15 is 0 Å². The molecule has 88 valence electrons. The molecule has 0 bridgehead atoms. The van der Waals surface area contributed by atoms with Gasteiger partial charge in [-0.3, -0.25) is 5.21 Å². The molecule has 1 heterocycles. The highest BCUT2D eigenvalue weighted by atomic mass is 32.1. The van der Waals surface area contributed by atoms with Crippen molar-refractivity contribution in [3.05, 3.63) is 29.3 Å². The predicted molar refractivity (Wildman–Crippen MR) is 65.3 cm³/mol. The summed E-state index contributed by atoms with van der Waals surface area (Å²) in [6.07, 6.45) is 0. The van der Waals surface area contributed by atoms with Crippen LogP contribution in [-0.2, 0) is 0 Å². The number of carbonyl (C=O) groups excluding carboxylic acids is 1. The fourth-order valence-corrected chi connectivity index (χ4v) is 2.14. The van der Waals surface area contributed by atoms with Crippen molar-refractivity contribution in [2.75, 3.05) is 0 Å². The van der Waals surface area contributed by atoms with Crippen molar-refractivity contribution in [3.63, 3.8) is 0 Å². The molecule has 2 aromatic rings. The molecule has 0 radical (unpaired) electrons. The summed E-state index contributed by atoms with van der Waals surface area (Å²) < 4.78 is 1.06. The first-order valence-electron chi connectivity index (χ1n) is 4.81. The van der Waals surface area contributed by atoms with Gasteiger partial charge in [0.25, 0.3) is 0 Å². The number of rotatable bonds is 2. The van der Waals surface area contributed by atoms with E-state index in [9.17, 15) is 4.79 Å². The summed E-state index contributed by atoms with van der Waals surface area (Å²) in [6.45, 7) is 1.73. The second-order valence-corrected chi connectivity index (χ2v) is 4.27. The third-order valence-corrected chi connectivity index (χ3v) is 3.18. The maximum absolute atomic E-state index is 10.7. The third-order valence-electron chi connectivity index (χ3n) is 2.03. The number of urea groups is 1. The molecule has 2 amide bonds. The van der Waals surface area contributed by atoms with Gasteiger partial charge in [-0.05, 0) is 19.1 Å². The van der Waals surface area contributed by atoms with E-state index in [0.717, 1.165) is 15.2 Å². The number of hydrazone groups is 1. The summed E-state index contributed by atoms with van der Waals surface area (Å²) >= 11 is 1.49. The van der Waals surface area contributed by atoms with E-state index in [1.165, 1.54) is 16.8 Å². The number of nitrogens with zero attached hydrogens (tertiary/aromatic N) is 2. The van der Waals surface area contributed by atoms with Gasteiger partial charge in [-0.25, -0.2) is 20.7 Å². The first kappa shape index (κ1) is 11.5. The van der Waals surface area contributed by atoms with Gasteiger partial charge in [0.05, 0.1) is 15.9 Å². The Hall–Kier alpha value is -1.99. The molecule has 0 unspecified atom stereocenters. The van der Waals surface area contributed by atoms with E-state index in [-0.39, 0.29) is 0 Å². The summed E-state index contributed by atoms with van der Waals surface area (Å²) in [5.41, 5.74) is 5.03. The minimum absolute atomic E-state index is 0.579. The van der Waals surface area contributed by atoms with Gasteiger partial charge in [0, 0.05) is 0 Å². The average molecular weight is 250 g/mol. The molecule has 0 saturated heterocycles. The van der Waals surface area contributed by atoms with Crippen LogP contribution in [0.4, 0.5) is 4.79 Å². The summed E-state index contributed by atoms with van der Waals surface area (Å²) in [6, 6.07) is 6.95. The number of benzene rings is 1. The van der Waals surface area contributed by atoms with Crippen LogP contribution in [0.3, 0.4) is 0 Å². The first-order chi connectivity index (χ1) is 8.20. The molecule has 2 rings (SSSR count). The zero-order chi connectivity index (χ0) is 12.3. The van der Waals surface area contributed by atoms with Crippen LogP contribution in [0.5, 0.6) is 0 Å².